The lowest BCUT2D eigenvalue weighted by molar-refractivity contribution is 0.137. The van der Waals surface area contributed by atoms with Crippen LogP contribution in [0, 0.1) is 17.8 Å². The van der Waals surface area contributed by atoms with Crippen LogP contribution in [0.5, 0.6) is 0 Å². The van der Waals surface area contributed by atoms with Crippen LogP contribution in [-0.2, 0) is 0 Å². The smallest absolute Gasteiger partial charge is 0.0672 e. The summed E-state index contributed by atoms with van der Waals surface area (Å²) in [5.41, 5.74) is 0. The molecule has 1 N–H and O–H groups in total. The SMILES string of the molecule is CC#C[C@@H](C)[C@H](O)CC. The summed E-state index contributed by atoms with van der Waals surface area (Å²) in [5.74, 6) is 5.79. The molecule has 1 heteroatoms. The maximum atomic E-state index is 9.16. The first-order valence-electron chi connectivity index (χ1n) is 3.32. The molecule has 0 aromatic rings. The molecule has 0 spiro atoms. The predicted octanol–water partition coefficient (Wildman–Crippen LogP) is 1.42. The highest BCUT2D eigenvalue weighted by molar-refractivity contribution is 5.01. The molecule has 0 heterocycles. The molecule has 9 heavy (non-hydrogen) atoms. The summed E-state index contributed by atoms with van der Waals surface area (Å²) in [4.78, 5) is 0. The fourth-order valence-corrected chi connectivity index (χ4v) is 0.677. The van der Waals surface area contributed by atoms with Crippen molar-refractivity contribution >= 4 is 0 Å². The molecule has 0 fully saturated rings. The highest BCUT2D eigenvalue weighted by Gasteiger charge is 2.06. The molecule has 0 aromatic heterocycles. The van der Waals surface area contributed by atoms with Crippen LogP contribution in [-0.4, -0.2) is 11.2 Å². The van der Waals surface area contributed by atoms with Gasteiger partial charge in [0.2, 0.25) is 0 Å². The molecule has 0 bridgehead atoms. The number of aliphatic hydroxyl groups is 1. The second-order valence-electron chi connectivity index (χ2n) is 2.16. The zero-order valence-corrected chi connectivity index (χ0v) is 6.31. The van der Waals surface area contributed by atoms with Crippen LogP contribution in [0.4, 0.5) is 0 Å². The van der Waals surface area contributed by atoms with Crippen LogP contribution in [0.1, 0.15) is 27.2 Å². The van der Waals surface area contributed by atoms with E-state index in [9.17, 15) is 0 Å². The molecule has 1 nitrogen and oxygen atoms in total. The van der Waals surface area contributed by atoms with Gasteiger partial charge in [-0.25, -0.2) is 0 Å². The Labute approximate surface area is 57.1 Å². The average molecular weight is 126 g/mol. The molecule has 2 atom stereocenters. The molecule has 0 saturated carbocycles. The van der Waals surface area contributed by atoms with Gasteiger partial charge in [-0.15, -0.1) is 5.92 Å². The standard InChI is InChI=1S/C8H14O/c1-4-6-7(3)8(9)5-2/h7-9H,5H2,1-3H3/t7-,8-/m1/s1. The normalized spacial score (nSPS) is 15.6. The van der Waals surface area contributed by atoms with Gasteiger partial charge >= 0.3 is 0 Å². The molecule has 0 unspecified atom stereocenters. The summed E-state index contributed by atoms with van der Waals surface area (Å²) in [6, 6.07) is 0. The highest BCUT2D eigenvalue weighted by Crippen LogP contribution is 2.03. The Morgan fingerprint density at radius 3 is 2.44 bits per heavy atom. The second kappa shape index (κ2) is 4.40. The zero-order valence-electron chi connectivity index (χ0n) is 6.31. The van der Waals surface area contributed by atoms with Gasteiger partial charge in [0, 0.05) is 5.92 Å². The maximum Gasteiger partial charge on any atom is 0.0672 e. The summed E-state index contributed by atoms with van der Waals surface area (Å²) >= 11 is 0. The van der Waals surface area contributed by atoms with Crippen LogP contribution in [0.2, 0.25) is 0 Å². The van der Waals surface area contributed by atoms with Crippen LogP contribution in [0.3, 0.4) is 0 Å². The van der Waals surface area contributed by atoms with Crippen LogP contribution < -0.4 is 0 Å². The van der Waals surface area contributed by atoms with Crippen LogP contribution in [0.15, 0.2) is 0 Å². The predicted molar refractivity (Wildman–Crippen MR) is 38.9 cm³/mol. The third-order valence-corrected chi connectivity index (χ3v) is 1.37. The fraction of sp³-hybridized carbons (Fsp3) is 0.750. The van der Waals surface area contributed by atoms with Gasteiger partial charge in [0.1, 0.15) is 0 Å². The Morgan fingerprint density at radius 2 is 2.11 bits per heavy atom. The van der Waals surface area contributed by atoms with E-state index in [1.807, 2.05) is 13.8 Å². The third kappa shape index (κ3) is 3.16. The fourth-order valence-electron chi connectivity index (χ4n) is 0.677. The van der Waals surface area contributed by atoms with Crippen LogP contribution >= 0.6 is 0 Å². The van der Waals surface area contributed by atoms with E-state index in [4.69, 9.17) is 5.11 Å². The molecule has 0 aliphatic rings. The second-order valence-corrected chi connectivity index (χ2v) is 2.16. The molecule has 52 valence electrons. The Morgan fingerprint density at radius 1 is 1.56 bits per heavy atom. The minimum Gasteiger partial charge on any atom is -0.392 e. The topological polar surface area (TPSA) is 20.2 Å². The molecular formula is C8H14O. The first-order valence-corrected chi connectivity index (χ1v) is 3.32. The van der Waals surface area contributed by atoms with E-state index >= 15 is 0 Å². The summed E-state index contributed by atoms with van der Waals surface area (Å²) in [5, 5.41) is 9.16. The van der Waals surface area contributed by atoms with Gasteiger partial charge in [0.15, 0.2) is 0 Å². The summed E-state index contributed by atoms with van der Waals surface area (Å²) in [6.07, 6.45) is 0.535. The number of rotatable bonds is 2. The number of hydrogen-bond donors (Lipinski definition) is 1. The van der Waals surface area contributed by atoms with Gasteiger partial charge in [-0.3, -0.25) is 0 Å². The lowest BCUT2D eigenvalue weighted by atomic mass is 10.0. The van der Waals surface area contributed by atoms with E-state index in [0.717, 1.165) is 6.42 Å². The molecule has 0 aliphatic carbocycles. The van der Waals surface area contributed by atoms with Gasteiger partial charge in [0.25, 0.3) is 0 Å². The average Bonchev–Trinajstić information content (AvgIpc) is 1.87. The van der Waals surface area contributed by atoms with E-state index < -0.39 is 0 Å². The van der Waals surface area contributed by atoms with Gasteiger partial charge in [-0.05, 0) is 20.3 Å². The monoisotopic (exact) mass is 126 g/mol. The Hall–Kier alpha value is -0.480. The Balaban J connectivity index is 3.67. The summed E-state index contributed by atoms with van der Waals surface area (Å²) in [6.45, 7) is 5.68. The van der Waals surface area contributed by atoms with Crippen molar-refractivity contribution in [2.75, 3.05) is 0 Å². The van der Waals surface area contributed by atoms with Gasteiger partial charge in [-0.2, -0.15) is 0 Å². The van der Waals surface area contributed by atoms with Crippen molar-refractivity contribution in [1.82, 2.24) is 0 Å². The highest BCUT2D eigenvalue weighted by atomic mass is 16.3. The van der Waals surface area contributed by atoms with Crippen molar-refractivity contribution in [2.45, 2.75) is 33.3 Å². The lowest BCUT2D eigenvalue weighted by Gasteiger charge is -2.09. The van der Waals surface area contributed by atoms with E-state index in [0.29, 0.717) is 0 Å². The molecule has 0 aliphatic heterocycles. The van der Waals surface area contributed by atoms with Gasteiger partial charge in [-0.1, -0.05) is 12.8 Å². The van der Waals surface area contributed by atoms with Crippen molar-refractivity contribution in [3.8, 4) is 11.8 Å². The quantitative estimate of drug-likeness (QED) is 0.555. The molecular weight excluding hydrogens is 112 g/mol. The maximum absolute atomic E-state index is 9.16. The summed E-state index contributed by atoms with van der Waals surface area (Å²) < 4.78 is 0. The van der Waals surface area contributed by atoms with E-state index in [2.05, 4.69) is 11.8 Å². The van der Waals surface area contributed by atoms with Crippen LogP contribution in [0.25, 0.3) is 0 Å². The van der Waals surface area contributed by atoms with Gasteiger partial charge < -0.3 is 5.11 Å². The Kier molecular flexibility index (Phi) is 4.17. The van der Waals surface area contributed by atoms with Gasteiger partial charge in [0.05, 0.1) is 6.10 Å². The molecule has 0 amide bonds. The van der Waals surface area contributed by atoms with Crippen molar-refractivity contribution in [3.05, 3.63) is 0 Å². The van der Waals surface area contributed by atoms with E-state index in [1.165, 1.54) is 0 Å². The lowest BCUT2D eigenvalue weighted by Crippen LogP contribution is -2.13. The first kappa shape index (κ1) is 8.52. The number of hydrogen-bond acceptors (Lipinski definition) is 1. The van der Waals surface area contributed by atoms with Crippen molar-refractivity contribution in [2.24, 2.45) is 5.92 Å². The Bertz CT molecular complexity index is 118. The minimum atomic E-state index is -0.252. The molecule has 0 aromatic carbocycles. The third-order valence-electron chi connectivity index (χ3n) is 1.37. The summed E-state index contributed by atoms with van der Waals surface area (Å²) in [7, 11) is 0. The zero-order chi connectivity index (χ0) is 7.28. The molecule has 0 radical (unpaired) electrons. The van der Waals surface area contributed by atoms with Crippen molar-refractivity contribution in [1.29, 1.82) is 0 Å². The van der Waals surface area contributed by atoms with Crippen molar-refractivity contribution < 1.29 is 5.11 Å². The largest absolute Gasteiger partial charge is 0.392 e. The van der Waals surface area contributed by atoms with E-state index in [-0.39, 0.29) is 12.0 Å². The number of aliphatic hydroxyl groups excluding tert-OH is 1. The first-order chi connectivity index (χ1) is 4.22. The van der Waals surface area contributed by atoms with Crippen molar-refractivity contribution in [3.63, 3.8) is 0 Å². The molecule has 0 rings (SSSR count). The minimum absolute atomic E-state index is 0.125. The van der Waals surface area contributed by atoms with E-state index in [1.54, 1.807) is 6.92 Å². The molecule has 0 saturated heterocycles.